The molecule has 0 radical (unpaired) electrons. The van der Waals surface area contributed by atoms with Crippen molar-refractivity contribution in [1.82, 2.24) is 0 Å². The van der Waals surface area contributed by atoms with Crippen molar-refractivity contribution in [3.63, 3.8) is 0 Å². The van der Waals surface area contributed by atoms with Crippen LogP contribution in [0.4, 0.5) is 5.69 Å². The van der Waals surface area contributed by atoms with Crippen molar-refractivity contribution < 1.29 is 4.79 Å². The Morgan fingerprint density at radius 3 is 2.29 bits per heavy atom. The standard InChI is InChI=1S/C26H31NO/c1-17-7-9-22(10-8-17)25-12-20-11-21(13-25)15-26(14-20,16-25)24(28)27-23-6-4-5-18(2)19(23)3/h4-10,20-21H,11-16H2,1-3H3,(H,27,28). The number of carbonyl (C=O) groups excluding carboxylic acids is 1. The second-order valence-corrected chi connectivity index (χ2v) is 10.1. The molecular weight excluding hydrogens is 342 g/mol. The Hall–Kier alpha value is -2.09. The number of rotatable bonds is 3. The van der Waals surface area contributed by atoms with Crippen molar-refractivity contribution in [2.75, 3.05) is 5.32 Å². The van der Waals surface area contributed by atoms with E-state index in [0.29, 0.717) is 11.8 Å². The lowest BCUT2D eigenvalue weighted by atomic mass is 9.42. The monoisotopic (exact) mass is 373 g/mol. The maximum absolute atomic E-state index is 13.6. The van der Waals surface area contributed by atoms with Crippen LogP contribution in [-0.4, -0.2) is 5.91 Å². The summed E-state index contributed by atoms with van der Waals surface area (Å²) in [5.41, 5.74) is 6.22. The van der Waals surface area contributed by atoms with Gasteiger partial charge in [-0.2, -0.15) is 0 Å². The van der Waals surface area contributed by atoms with Crippen LogP contribution >= 0.6 is 0 Å². The molecule has 0 saturated heterocycles. The largest absolute Gasteiger partial charge is 0.325 e. The van der Waals surface area contributed by atoms with E-state index in [4.69, 9.17) is 0 Å². The molecule has 4 aliphatic carbocycles. The van der Waals surface area contributed by atoms with Gasteiger partial charge < -0.3 is 5.32 Å². The molecule has 2 heteroatoms. The van der Waals surface area contributed by atoms with Gasteiger partial charge in [0.25, 0.3) is 0 Å². The van der Waals surface area contributed by atoms with Gasteiger partial charge in [0.15, 0.2) is 0 Å². The molecule has 0 aliphatic heterocycles. The second-order valence-electron chi connectivity index (χ2n) is 10.1. The maximum Gasteiger partial charge on any atom is 0.230 e. The molecule has 2 aromatic rings. The molecule has 28 heavy (non-hydrogen) atoms. The minimum Gasteiger partial charge on any atom is -0.325 e. The van der Waals surface area contributed by atoms with Gasteiger partial charge in [-0.1, -0.05) is 42.0 Å². The van der Waals surface area contributed by atoms with Gasteiger partial charge in [-0.05, 0) is 99.3 Å². The molecule has 0 spiro atoms. The van der Waals surface area contributed by atoms with Crippen LogP contribution in [0.25, 0.3) is 0 Å². The van der Waals surface area contributed by atoms with Crippen LogP contribution in [0.2, 0.25) is 0 Å². The average molecular weight is 374 g/mol. The predicted molar refractivity (Wildman–Crippen MR) is 115 cm³/mol. The smallest absolute Gasteiger partial charge is 0.230 e. The minimum atomic E-state index is -0.189. The van der Waals surface area contributed by atoms with Crippen LogP contribution in [0, 0.1) is 38.0 Å². The highest BCUT2D eigenvalue weighted by Gasteiger charge is 2.60. The molecule has 4 fully saturated rings. The summed E-state index contributed by atoms with van der Waals surface area (Å²) >= 11 is 0. The molecule has 0 aromatic heterocycles. The van der Waals surface area contributed by atoms with E-state index in [2.05, 4.69) is 62.5 Å². The summed E-state index contributed by atoms with van der Waals surface area (Å²) < 4.78 is 0. The highest BCUT2D eigenvalue weighted by molar-refractivity contribution is 5.96. The van der Waals surface area contributed by atoms with Crippen LogP contribution in [0.5, 0.6) is 0 Å². The van der Waals surface area contributed by atoms with Crippen LogP contribution in [0.15, 0.2) is 42.5 Å². The fourth-order valence-corrected chi connectivity index (χ4v) is 6.91. The van der Waals surface area contributed by atoms with Crippen molar-refractivity contribution in [2.24, 2.45) is 17.3 Å². The van der Waals surface area contributed by atoms with E-state index in [-0.39, 0.29) is 16.7 Å². The van der Waals surface area contributed by atoms with Crippen molar-refractivity contribution in [3.8, 4) is 0 Å². The van der Waals surface area contributed by atoms with Gasteiger partial charge in [0.2, 0.25) is 5.91 Å². The van der Waals surface area contributed by atoms with E-state index in [1.807, 2.05) is 6.07 Å². The van der Waals surface area contributed by atoms with Gasteiger partial charge in [0.05, 0.1) is 5.41 Å². The highest BCUT2D eigenvalue weighted by Crippen LogP contribution is 2.66. The predicted octanol–water partition coefficient (Wildman–Crippen LogP) is 6.09. The molecule has 4 saturated carbocycles. The minimum absolute atomic E-state index is 0.189. The van der Waals surface area contributed by atoms with E-state index in [9.17, 15) is 4.79 Å². The van der Waals surface area contributed by atoms with Gasteiger partial charge in [0, 0.05) is 5.69 Å². The van der Waals surface area contributed by atoms with Crippen molar-refractivity contribution in [1.29, 1.82) is 0 Å². The lowest BCUT2D eigenvalue weighted by Crippen LogP contribution is -2.58. The first kappa shape index (κ1) is 18.0. The van der Waals surface area contributed by atoms with Gasteiger partial charge in [-0.25, -0.2) is 0 Å². The van der Waals surface area contributed by atoms with E-state index in [1.54, 1.807) is 0 Å². The molecule has 4 bridgehead atoms. The number of hydrogen-bond donors (Lipinski definition) is 1. The second kappa shape index (κ2) is 6.20. The summed E-state index contributed by atoms with van der Waals surface area (Å²) in [6.07, 6.45) is 7.04. The third-order valence-corrected chi connectivity index (χ3v) is 8.06. The molecule has 2 unspecified atom stereocenters. The first-order chi connectivity index (χ1) is 13.4. The first-order valence-electron chi connectivity index (χ1n) is 10.8. The normalized spacial score (nSPS) is 33.1. The molecule has 2 atom stereocenters. The fraction of sp³-hybridized carbons (Fsp3) is 0.500. The molecule has 1 amide bonds. The quantitative estimate of drug-likeness (QED) is 0.693. The van der Waals surface area contributed by atoms with Crippen molar-refractivity contribution >= 4 is 11.6 Å². The first-order valence-corrected chi connectivity index (χ1v) is 10.8. The van der Waals surface area contributed by atoms with Gasteiger partial charge in [-0.15, -0.1) is 0 Å². The summed E-state index contributed by atoms with van der Waals surface area (Å²) in [4.78, 5) is 13.6. The SMILES string of the molecule is Cc1ccc(C23CC4CC(CC(C(=O)Nc5cccc(C)c5C)(C4)C2)C3)cc1. The average Bonchev–Trinajstić information content (AvgIpc) is 2.65. The summed E-state index contributed by atoms with van der Waals surface area (Å²) in [5, 5.41) is 3.35. The number of carbonyl (C=O) groups is 1. The summed E-state index contributed by atoms with van der Waals surface area (Å²) in [7, 11) is 0. The van der Waals surface area contributed by atoms with E-state index in [1.165, 1.54) is 41.5 Å². The molecule has 0 heterocycles. The van der Waals surface area contributed by atoms with Crippen LogP contribution < -0.4 is 5.32 Å². The maximum atomic E-state index is 13.6. The van der Waals surface area contributed by atoms with Crippen LogP contribution in [-0.2, 0) is 10.2 Å². The van der Waals surface area contributed by atoms with Gasteiger partial charge >= 0.3 is 0 Å². The lowest BCUT2D eigenvalue weighted by molar-refractivity contribution is -0.143. The van der Waals surface area contributed by atoms with E-state index in [0.717, 1.165) is 24.9 Å². The zero-order chi connectivity index (χ0) is 19.5. The third kappa shape index (κ3) is 2.72. The molecule has 2 nitrogen and oxygen atoms in total. The number of benzene rings is 2. The Morgan fingerprint density at radius 1 is 0.929 bits per heavy atom. The third-order valence-electron chi connectivity index (χ3n) is 8.06. The van der Waals surface area contributed by atoms with Gasteiger partial charge in [-0.3, -0.25) is 4.79 Å². The zero-order valence-electron chi connectivity index (χ0n) is 17.3. The van der Waals surface area contributed by atoms with E-state index >= 15 is 0 Å². The molecule has 4 aliphatic rings. The Bertz CT molecular complexity index is 912. The van der Waals surface area contributed by atoms with Crippen molar-refractivity contribution in [2.45, 2.75) is 64.7 Å². The molecule has 2 aromatic carbocycles. The van der Waals surface area contributed by atoms with E-state index < -0.39 is 0 Å². The lowest BCUT2D eigenvalue weighted by Gasteiger charge is -2.61. The Morgan fingerprint density at radius 2 is 1.61 bits per heavy atom. The topological polar surface area (TPSA) is 29.1 Å². The van der Waals surface area contributed by atoms with Crippen molar-refractivity contribution in [3.05, 3.63) is 64.7 Å². The molecule has 1 N–H and O–H groups in total. The highest BCUT2D eigenvalue weighted by atomic mass is 16.2. The van der Waals surface area contributed by atoms with Gasteiger partial charge in [0.1, 0.15) is 0 Å². The Labute approximate surface area is 168 Å². The summed E-state index contributed by atoms with van der Waals surface area (Å²) in [5.74, 6) is 1.67. The number of aryl methyl sites for hydroxylation is 2. The number of nitrogens with one attached hydrogen (secondary N) is 1. The summed E-state index contributed by atoms with van der Waals surface area (Å²) in [6, 6.07) is 15.4. The summed E-state index contributed by atoms with van der Waals surface area (Å²) in [6.45, 7) is 6.38. The molecule has 6 rings (SSSR count). The zero-order valence-corrected chi connectivity index (χ0v) is 17.3. The number of anilines is 1. The molecule has 146 valence electrons. The number of hydrogen-bond acceptors (Lipinski definition) is 1. The Kier molecular flexibility index (Phi) is 3.98. The van der Waals surface area contributed by atoms with Crippen LogP contribution in [0.3, 0.4) is 0 Å². The van der Waals surface area contributed by atoms with Crippen LogP contribution in [0.1, 0.15) is 60.8 Å². The molecular formula is C26H31NO. The fourth-order valence-electron chi connectivity index (χ4n) is 6.91. The Balaban J connectivity index is 1.48. The number of amides is 1.